The molecule has 0 aromatic carbocycles. The second-order valence-electron chi connectivity index (χ2n) is 10.4. The van der Waals surface area contributed by atoms with Gasteiger partial charge in [-0.15, -0.1) is 0 Å². The first-order valence-electron chi connectivity index (χ1n) is 11.2. The zero-order valence-electron chi connectivity index (χ0n) is 17.9. The normalized spacial score (nSPS) is 36.6. The number of carbonyl (C=O) groups is 3. The van der Waals surface area contributed by atoms with Crippen molar-refractivity contribution < 1.29 is 29.3 Å². The Morgan fingerprint density at radius 3 is 2.07 bits per heavy atom. The highest BCUT2D eigenvalue weighted by molar-refractivity contribution is 5.89. The predicted octanol–water partition coefficient (Wildman–Crippen LogP) is 2.80. The summed E-state index contributed by atoms with van der Waals surface area (Å²) < 4.78 is 6.10. The lowest BCUT2D eigenvalue weighted by Crippen LogP contribution is -2.36. The Hall–Kier alpha value is -1.89. The van der Waals surface area contributed by atoms with Crippen molar-refractivity contribution in [1.82, 2.24) is 4.90 Å². The topological polar surface area (TPSA) is 104 Å². The maximum Gasteiger partial charge on any atom is 0.328 e. The lowest BCUT2D eigenvalue weighted by atomic mass is 9.73. The summed E-state index contributed by atoms with van der Waals surface area (Å²) in [5, 5.41) is 15.6. The van der Waals surface area contributed by atoms with Crippen LogP contribution in [-0.4, -0.2) is 59.8 Å². The lowest BCUT2D eigenvalue weighted by Gasteiger charge is -2.33. The molecular weight excluding hydrogens is 386 g/mol. The summed E-state index contributed by atoms with van der Waals surface area (Å²) in [6, 6.07) is 0. The summed E-state index contributed by atoms with van der Waals surface area (Å²) in [7, 11) is 4.17. The highest BCUT2D eigenvalue weighted by atomic mass is 16.6. The molecule has 2 N–H and O–H groups in total. The molecule has 0 radical (unpaired) electrons. The van der Waals surface area contributed by atoms with Crippen LogP contribution in [0.25, 0.3) is 0 Å². The van der Waals surface area contributed by atoms with Crippen LogP contribution in [0.1, 0.15) is 51.4 Å². The van der Waals surface area contributed by atoms with Crippen LogP contribution in [0.4, 0.5) is 0 Å². The quantitative estimate of drug-likeness (QED) is 0.533. The summed E-state index contributed by atoms with van der Waals surface area (Å²) in [6.07, 6.45) is 12.5. The number of hydrogen-bond acceptors (Lipinski definition) is 5. The number of hydrogen-bond donors (Lipinski definition) is 2. The molecule has 0 unspecified atom stereocenters. The van der Waals surface area contributed by atoms with Gasteiger partial charge in [-0.05, 0) is 82.2 Å². The molecule has 7 nitrogen and oxygen atoms in total. The number of carbonyl (C=O) groups excluding carboxylic acids is 1. The van der Waals surface area contributed by atoms with E-state index in [1.54, 1.807) is 0 Å². The minimum atomic E-state index is -1.26. The fourth-order valence-electron chi connectivity index (χ4n) is 6.81. The summed E-state index contributed by atoms with van der Waals surface area (Å²) in [5.41, 5.74) is 1.25. The molecule has 4 saturated carbocycles. The monoisotopic (exact) mass is 419 g/mol. The number of carboxylic acids is 2. The Balaban J connectivity index is 0.000000235. The molecule has 4 aliphatic carbocycles. The number of esters is 1. The molecule has 2 spiro atoms. The van der Waals surface area contributed by atoms with Crippen molar-refractivity contribution >= 4 is 17.9 Å². The van der Waals surface area contributed by atoms with Crippen LogP contribution in [0.2, 0.25) is 0 Å². The summed E-state index contributed by atoms with van der Waals surface area (Å²) >= 11 is 0. The largest absolute Gasteiger partial charge is 0.478 e. The highest BCUT2D eigenvalue weighted by Crippen LogP contribution is 2.74. The molecule has 5 fully saturated rings. The van der Waals surface area contributed by atoms with Crippen molar-refractivity contribution in [2.24, 2.45) is 34.5 Å². The van der Waals surface area contributed by atoms with Crippen molar-refractivity contribution in [2.45, 2.75) is 57.5 Å². The van der Waals surface area contributed by atoms with Crippen LogP contribution in [0, 0.1) is 34.5 Å². The van der Waals surface area contributed by atoms with Crippen LogP contribution < -0.4 is 0 Å². The van der Waals surface area contributed by atoms with Gasteiger partial charge in [0.25, 0.3) is 0 Å². The number of aliphatic carboxylic acids is 2. The van der Waals surface area contributed by atoms with Crippen molar-refractivity contribution in [3.05, 3.63) is 12.2 Å². The molecule has 0 bridgehead atoms. The maximum absolute atomic E-state index is 12.5. The fraction of sp³-hybridized carbons (Fsp3) is 0.783. The van der Waals surface area contributed by atoms with Gasteiger partial charge >= 0.3 is 17.9 Å². The van der Waals surface area contributed by atoms with Crippen molar-refractivity contribution in [3.63, 3.8) is 0 Å². The molecule has 5 aliphatic rings. The first-order chi connectivity index (χ1) is 14.2. The summed E-state index contributed by atoms with van der Waals surface area (Å²) in [4.78, 5) is 33.8. The van der Waals surface area contributed by atoms with Gasteiger partial charge in [-0.25, -0.2) is 9.59 Å². The SMILES string of the molecule is CN(C)C[C@@H]1C(=O)O[C@H]2[C@H]1CCC1(CC1)[C@@H]1CCC3(CC3)[C@H]21.O=C(O)/C=C/C(=O)O. The van der Waals surface area contributed by atoms with E-state index >= 15 is 0 Å². The van der Waals surface area contributed by atoms with E-state index in [0.717, 1.165) is 12.5 Å². The van der Waals surface area contributed by atoms with Crippen LogP contribution in [0.5, 0.6) is 0 Å². The van der Waals surface area contributed by atoms with Gasteiger partial charge in [-0.3, -0.25) is 4.79 Å². The first kappa shape index (κ1) is 21.3. The lowest BCUT2D eigenvalue weighted by molar-refractivity contribution is -0.148. The van der Waals surface area contributed by atoms with Gasteiger partial charge in [-0.1, -0.05) is 0 Å². The number of rotatable bonds is 4. The molecule has 5 atom stereocenters. The molecule has 0 amide bonds. The first-order valence-corrected chi connectivity index (χ1v) is 11.2. The van der Waals surface area contributed by atoms with Gasteiger partial charge in [0.1, 0.15) is 6.10 Å². The van der Waals surface area contributed by atoms with Crippen LogP contribution in [0.3, 0.4) is 0 Å². The second-order valence-corrected chi connectivity index (χ2v) is 10.4. The zero-order chi connectivity index (χ0) is 21.7. The molecule has 0 aromatic heterocycles. The van der Waals surface area contributed by atoms with E-state index in [1.807, 2.05) is 0 Å². The third kappa shape index (κ3) is 3.88. The van der Waals surface area contributed by atoms with Gasteiger partial charge in [0.05, 0.1) is 5.92 Å². The highest BCUT2D eigenvalue weighted by Gasteiger charge is 2.69. The van der Waals surface area contributed by atoms with E-state index in [9.17, 15) is 14.4 Å². The van der Waals surface area contributed by atoms with Gasteiger partial charge < -0.3 is 19.8 Å². The van der Waals surface area contributed by atoms with Crippen molar-refractivity contribution in [1.29, 1.82) is 0 Å². The van der Waals surface area contributed by atoms with Crippen LogP contribution in [0.15, 0.2) is 12.2 Å². The second kappa shape index (κ2) is 7.66. The number of carboxylic acid groups (broad SMARTS) is 2. The Morgan fingerprint density at radius 1 is 1.00 bits per heavy atom. The van der Waals surface area contributed by atoms with Gasteiger partial charge in [0, 0.05) is 30.5 Å². The third-order valence-corrected chi connectivity index (χ3v) is 8.42. The van der Waals surface area contributed by atoms with E-state index < -0.39 is 11.9 Å². The minimum Gasteiger partial charge on any atom is -0.478 e. The van der Waals surface area contributed by atoms with E-state index in [2.05, 4.69) is 19.0 Å². The van der Waals surface area contributed by atoms with E-state index in [0.29, 0.717) is 34.8 Å². The maximum atomic E-state index is 12.5. The molecule has 1 aliphatic heterocycles. The Labute approximate surface area is 177 Å². The van der Waals surface area contributed by atoms with E-state index in [4.69, 9.17) is 14.9 Å². The van der Waals surface area contributed by atoms with Gasteiger partial charge in [0.15, 0.2) is 0 Å². The fourth-order valence-corrected chi connectivity index (χ4v) is 6.81. The smallest absolute Gasteiger partial charge is 0.328 e. The van der Waals surface area contributed by atoms with E-state index in [1.165, 1.54) is 51.4 Å². The molecule has 30 heavy (non-hydrogen) atoms. The van der Waals surface area contributed by atoms with Crippen molar-refractivity contribution in [2.75, 3.05) is 20.6 Å². The predicted molar refractivity (Wildman–Crippen MR) is 109 cm³/mol. The average Bonchev–Trinajstić information content (AvgIpc) is 3.55. The Bertz CT molecular complexity index is 735. The number of nitrogens with zero attached hydrogens (tertiary/aromatic N) is 1. The number of fused-ring (bicyclic) bond motifs is 5. The number of ether oxygens (including phenoxy) is 1. The van der Waals surface area contributed by atoms with Gasteiger partial charge in [0.2, 0.25) is 0 Å². The minimum absolute atomic E-state index is 0.108. The van der Waals surface area contributed by atoms with Crippen LogP contribution >= 0.6 is 0 Å². The summed E-state index contributed by atoms with van der Waals surface area (Å²) in [5.74, 6) is -0.199. The molecule has 1 saturated heterocycles. The zero-order valence-corrected chi connectivity index (χ0v) is 17.9. The molecular formula is C23H33NO6. The molecule has 1 heterocycles. The average molecular weight is 420 g/mol. The van der Waals surface area contributed by atoms with Crippen molar-refractivity contribution in [3.8, 4) is 0 Å². The Kier molecular flexibility index (Phi) is 5.45. The summed E-state index contributed by atoms with van der Waals surface area (Å²) in [6.45, 7) is 0.872. The Morgan fingerprint density at radius 2 is 1.57 bits per heavy atom. The van der Waals surface area contributed by atoms with Gasteiger partial charge in [-0.2, -0.15) is 0 Å². The van der Waals surface area contributed by atoms with Crippen LogP contribution in [-0.2, 0) is 19.1 Å². The standard InChI is InChI=1S/C19H29NO2.C4H4O4/c1-20(2)11-13-12-3-5-18(7-8-18)14-4-6-19(9-10-19)15(14)16(12)22-17(13)21;5-3(6)1-2-4(7)8/h12-16H,3-11H2,1-2H3;1-2H,(H,5,6)(H,7,8)/b;2-1+/t12-,13-,14+,15-,16-;/m0./s1. The molecule has 0 aromatic rings. The molecule has 5 rings (SSSR count). The third-order valence-electron chi connectivity index (χ3n) is 8.42. The van der Waals surface area contributed by atoms with E-state index in [-0.39, 0.29) is 18.0 Å². The molecule has 7 heteroatoms. The molecule has 166 valence electrons.